The van der Waals surface area contributed by atoms with Crippen LogP contribution in [0.1, 0.15) is 49.4 Å². The molecule has 7 heteroatoms. The molecule has 146 valence electrons. The summed E-state index contributed by atoms with van der Waals surface area (Å²) in [5.41, 5.74) is 1.16. The van der Waals surface area contributed by atoms with Crippen LogP contribution >= 0.6 is 0 Å². The Hall–Kier alpha value is -1.60. The Kier molecular flexibility index (Phi) is 6.53. The van der Waals surface area contributed by atoms with E-state index in [9.17, 15) is 0 Å². The van der Waals surface area contributed by atoms with Gasteiger partial charge in [-0.05, 0) is 26.7 Å². The molecule has 0 aromatic carbocycles. The highest BCUT2D eigenvalue weighted by atomic mass is 16.5. The molecule has 0 radical (unpaired) electrons. The van der Waals surface area contributed by atoms with Crippen LogP contribution in [0.2, 0.25) is 0 Å². The Morgan fingerprint density at radius 1 is 1.15 bits per heavy atom. The molecule has 1 aromatic rings. The molecule has 2 aliphatic rings. The van der Waals surface area contributed by atoms with E-state index in [1.54, 1.807) is 0 Å². The summed E-state index contributed by atoms with van der Waals surface area (Å²) < 4.78 is 11.2. The number of nitrogens with one attached hydrogen (secondary N) is 2. The fourth-order valence-electron chi connectivity index (χ4n) is 4.10. The maximum Gasteiger partial charge on any atom is 0.214 e. The molecule has 0 atom stereocenters. The summed E-state index contributed by atoms with van der Waals surface area (Å²) in [7, 11) is 1.81. The normalized spacial score (nSPS) is 21.6. The molecule has 0 amide bonds. The van der Waals surface area contributed by atoms with E-state index in [2.05, 4.69) is 25.5 Å². The van der Waals surface area contributed by atoms with Crippen molar-refractivity contribution < 1.29 is 9.15 Å². The molecule has 26 heavy (non-hydrogen) atoms. The van der Waals surface area contributed by atoms with Gasteiger partial charge in [-0.15, -0.1) is 0 Å². The number of morpholine rings is 1. The minimum absolute atomic E-state index is 0.218. The third-order valence-corrected chi connectivity index (χ3v) is 5.75. The summed E-state index contributed by atoms with van der Waals surface area (Å²) in [6.45, 7) is 9.11. The van der Waals surface area contributed by atoms with E-state index >= 15 is 0 Å². The lowest BCUT2D eigenvalue weighted by Gasteiger charge is -2.48. The minimum Gasteiger partial charge on any atom is -0.444 e. The van der Waals surface area contributed by atoms with Crippen LogP contribution in [0.25, 0.3) is 0 Å². The zero-order chi connectivity index (χ0) is 18.4. The smallest absolute Gasteiger partial charge is 0.214 e. The second kappa shape index (κ2) is 8.86. The zero-order valence-electron chi connectivity index (χ0n) is 16.4. The lowest BCUT2D eigenvalue weighted by Crippen LogP contribution is -2.60. The fourth-order valence-corrected chi connectivity index (χ4v) is 4.10. The molecular weight excluding hydrogens is 330 g/mol. The molecule has 1 saturated heterocycles. The first kappa shape index (κ1) is 19.2. The Balaban J connectivity index is 1.57. The molecule has 7 nitrogen and oxygen atoms in total. The van der Waals surface area contributed by atoms with Gasteiger partial charge in [0.05, 0.1) is 25.5 Å². The second-order valence-electron chi connectivity index (χ2n) is 7.41. The van der Waals surface area contributed by atoms with Crippen LogP contribution in [0.15, 0.2) is 9.41 Å². The lowest BCUT2D eigenvalue weighted by atomic mass is 9.80. The monoisotopic (exact) mass is 363 g/mol. The molecule has 0 bridgehead atoms. The van der Waals surface area contributed by atoms with Crippen molar-refractivity contribution in [3.05, 3.63) is 17.3 Å². The summed E-state index contributed by atoms with van der Waals surface area (Å²) in [5, 5.41) is 6.88. The molecule has 1 aliphatic heterocycles. The molecule has 2 N–H and O–H groups in total. The predicted octanol–water partition coefficient (Wildman–Crippen LogP) is 1.99. The molecule has 1 aromatic heterocycles. The van der Waals surface area contributed by atoms with Crippen LogP contribution in [0.4, 0.5) is 0 Å². The summed E-state index contributed by atoms with van der Waals surface area (Å²) in [6, 6.07) is 0. The maximum absolute atomic E-state index is 5.64. The van der Waals surface area contributed by atoms with E-state index in [0.29, 0.717) is 12.4 Å². The average molecular weight is 364 g/mol. The highest BCUT2D eigenvalue weighted by molar-refractivity contribution is 5.79. The third kappa shape index (κ3) is 4.57. The SMILES string of the molecule is CN=C(NCc1nc(C)c(C)o1)NCC1(N2CCOCC2)CCCCC1. The van der Waals surface area contributed by atoms with Gasteiger partial charge in [-0.3, -0.25) is 9.89 Å². The molecule has 0 unspecified atom stereocenters. The van der Waals surface area contributed by atoms with E-state index in [1.807, 2.05) is 20.9 Å². The highest BCUT2D eigenvalue weighted by Gasteiger charge is 2.38. The van der Waals surface area contributed by atoms with Crippen LogP contribution in [-0.2, 0) is 11.3 Å². The Morgan fingerprint density at radius 2 is 1.88 bits per heavy atom. The van der Waals surface area contributed by atoms with Crippen molar-refractivity contribution in [2.24, 2.45) is 4.99 Å². The van der Waals surface area contributed by atoms with Crippen molar-refractivity contribution in [2.45, 2.75) is 58.0 Å². The third-order valence-electron chi connectivity index (χ3n) is 5.75. The van der Waals surface area contributed by atoms with Gasteiger partial charge in [0, 0.05) is 32.2 Å². The van der Waals surface area contributed by atoms with E-state index in [4.69, 9.17) is 9.15 Å². The quantitative estimate of drug-likeness (QED) is 0.616. The van der Waals surface area contributed by atoms with Crippen LogP contribution in [-0.4, -0.2) is 61.3 Å². The van der Waals surface area contributed by atoms with E-state index in [1.165, 1.54) is 32.1 Å². The van der Waals surface area contributed by atoms with Gasteiger partial charge >= 0.3 is 0 Å². The Morgan fingerprint density at radius 3 is 2.50 bits per heavy atom. The molecule has 2 fully saturated rings. The van der Waals surface area contributed by atoms with Gasteiger partial charge < -0.3 is 19.8 Å². The standard InChI is InChI=1S/C19H33N5O2/c1-15-16(2)26-17(23-15)13-21-18(20-3)22-14-19(7-5-4-6-8-19)24-9-11-25-12-10-24/h4-14H2,1-3H3,(H2,20,21,22). The zero-order valence-corrected chi connectivity index (χ0v) is 16.4. The number of rotatable bonds is 5. The van der Waals surface area contributed by atoms with Gasteiger partial charge in [0.2, 0.25) is 5.89 Å². The second-order valence-corrected chi connectivity index (χ2v) is 7.41. The van der Waals surface area contributed by atoms with Gasteiger partial charge in [0.1, 0.15) is 5.76 Å². The number of hydrogen-bond donors (Lipinski definition) is 2. The van der Waals surface area contributed by atoms with Crippen LogP contribution in [0.5, 0.6) is 0 Å². The van der Waals surface area contributed by atoms with Crippen LogP contribution in [0.3, 0.4) is 0 Å². The number of guanidine groups is 1. The maximum atomic E-state index is 5.64. The van der Waals surface area contributed by atoms with Gasteiger partial charge in [-0.2, -0.15) is 0 Å². The number of oxazole rings is 1. The Labute approximate surface area is 156 Å². The van der Waals surface area contributed by atoms with Crippen molar-refractivity contribution in [1.29, 1.82) is 0 Å². The van der Waals surface area contributed by atoms with Gasteiger partial charge in [-0.1, -0.05) is 19.3 Å². The number of aromatic nitrogens is 1. The fraction of sp³-hybridized carbons (Fsp3) is 0.789. The first-order valence-electron chi connectivity index (χ1n) is 9.83. The van der Waals surface area contributed by atoms with E-state index in [0.717, 1.165) is 50.3 Å². The molecule has 2 heterocycles. The topological polar surface area (TPSA) is 74.9 Å². The minimum atomic E-state index is 0.218. The van der Waals surface area contributed by atoms with Crippen molar-refractivity contribution in [2.75, 3.05) is 39.9 Å². The van der Waals surface area contributed by atoms with Gasteiger partial charge in [0.25, 0.3) is 0 Å². The highest BCUT2D eigenvalue weighted by Crippen LogP contribution is 2.33. The number of hydrogen-bond acceptors (Lipinski definition) is 5. The predicted molar refractivity (Wildman–Crippen MR) is 102 cm³/mol. The number of ether oxygens (including phenoxy) is 1. The van der Waals surface area contributed by atoms with Crippen molar-refractivity contribution in [3.8, 4) is 0 Å². The first-order valence-corrected chi connectivity index (χ1v) is 9.83. The number of aryl methyl sites for hydroxylation is 2. The largest absolute Gasteiger partial charge is 0.444 e. The van der Waals surface area contributed by atoms with E-state index in [-0.39, 0.29) is 5.54 Å². The molecule has 0 spiro atoms. The van der Waals surface area contributed by atoms with Crippen molar-refractivity contribution in [1.82, 2.24) is 20.5 Å². The molecule has 3 rings (SSSR count). The molecular formula is C19H33N5O2. The lowest BCUT2D eigenvalue weighted by molar-refractivity contribution is -0.0352. The van der Waals surface area contributed by atoms with Crippen molar-refractivity contribution >= 4 is 5.96 Å². The molecule has 1 saturated carbocycles. The van der Waals surface area contributed by atoms with Gasteiger partial charge in [-0.25, -0.2) is 4.98 Å². The van der Waals surface area contributed by atoms with Crippen molar-refractivity contribution in [3.63, 3.8) is 0 Å². The molecule has 1 aliphatic carbocycles. The first-order chi connectivity index (χ1) is 12.6. The summed E-state index contributed by atoms with van der Waals surface area (Å²) >= 11 is 0. The summed E-state index contributed by atoms with van der Waals surface area (Å²) in [6.07, 6.45) is 6.45. The number of nitrogens with zero attached hydrogens (tertiary/aromatic N) is 3. The number of aliphatic imine (C=N–C) groups is 1. The summed E-state index contributed by atoms with van der Waals surface area (Å²) in [5.74, 6) is 2.37. The summed E-state index contributed by atoms with van der Waals surface area (Å²) in [4.78, 5) is 11.4. The van der Waals surface area contributed by atoms with Crippen LogP contribution in [0, 0.1) is 13.8 Å². The van der Waals surface area contributed by atoms with E-state index < -0.39 is 0 Å². The van der Waals surface area contributed by atoms with Crippen LogP contribution < -0.4 is 10.6 Å². The van der Waals surface area contributed by atoms with Gasteiger partial charge in [0.15, 0.2) is 5.96 Å². The average Bonchev–Trinajstić information content (AvgIpc) is 3.01. The Bertz CT molecular complexity index is 582.